The first-order chi connectivity index (χ1) is 8.18. The van der Waals surface area contributed by atoms with Crippen molar-refractivity contribution in [2.24, 2.45) is 5.73 Å². The Kier molecular flexibility index (Phi) is 2.03. The number of carboxylic acid groups (broad SMARTS) is 1. The van der Waals surface area contributed by atoms with Crippen molar-refractivity contribution < 1.29 is 9.90 Å². The monoisotopic (exact) mass is 225 g/mol. The molecule has 1 atom stereocenters. The third kappa shape index (κ3) is 1.36. The van der Waals surface area contributed by atoms with Crippen LogP contribution in [-0.4, -0.2) is 11.1 Å². The summed E-state index contributed by atoms with van der Waals surface area (Å²) in [7, 11) is 0. The molecule has 3 N–H and O–H groups in total. The van der Waals surface area contributed by atoms with E-state index in [0.717, 1.165) is 22.3 Å². The van der Waals surface area contributed by atoms with Crippen molar-refractivity contribution >= 4 is 5.97 Å². The third-order valence-corrected chi connectivity index (χ3v) is 3.22. The molecule has 0 fully saturated rings. The van der Waals surface area contributed by atoms with Crippen LogP contribution in [0.5, 0.6) is 0 Å². The van der Waals surface area contributed by atoms with Gasteiger partial charge in [0.25, 0.3) is 0 Å². The average molecular weight is 225 g/mol. The first kappa shape index (κ1) is 10.1. The molecule has 0 saturated heterocycles. The first-order valence-corrected chi connectivity index (χ1v) is 5.40. The second-order valence-electron chi connectivity index (χ2n) is 4.17. The molecule has 84 valence electrons. The van der Waals surface area contributed by atoms with Gasteiger partial charge in [0.1, 0.15) is 0 Å². The zero-order chi connectivity index (χ0) is 12.0. The minimum atomic E-state index is -0.920. The fourth-order valence-corrected chi connectivity index (χ4v) is 2.38. The Morgan fingerprint density at radius 2 is 1.76 bits per heavy atom. The van der Waals surface area contributed by atoms with Crippen molar-refractivity contribution in [1.29, 1.82) is 0 Å². The summed E-state index contributed by atoms with van der Waals surface area (Å²) in [5.74, 6) is -0.920. The minimum Gasteiger partial charge on any atom is -0.478 e. The van der Waals surface area contributed by atoms with Crippen molar-refractivity contribution in [1.82, 2.24) is 0 Å². The van der Waals surface area contributed by atoms with E-state index in [1.165, 1.54) is 0 Å². The smallest absolute Gasteiger partial charge is 0.335 e. The maximum atomic E-state index is 10.9. The van der Waals surface area contributed by atoms with Gasteiger partial charge in [-0.05, 0) is 34.4 Å². The molecule has 1 aliphatic rings. The molecule has 2 aromatic rings. The number of benzene rings is 2. The molecule has 0 aliphatic heterocycles. The van der Waals surface area contributed by atoms with E-state index >= 15 is 0 Å². The number of carboxylic acids is 1. The van der Waals surface area contributed by atoms with Crippen molar-refractivity contribution in [3.8, 4) is 11.1 Å². The van der Waals surface area contributed by atoms with E-state index in [1.54, 1.807) is 12.1 Å². The molecular formula is C14H11NO2. The number of carbonyl (C=O) groups is 1. The lowest BCUT2D eigenvalue weighted by Gasteiger charge is -2.06. The number of hydrogen-bond acceptors (Lipinski definition) is 2. The van der Waals surface area contributed by atoms with Crippen LogP contribution in [-0.2, 0) is 0 Å². The summed E-state index contributed by atoms with van der Waals surface area (Å²) < 4.78 is 0. The molecule has 3 heteroatoms. The van der Waals surface area contributed by atoms with Gasteiger partial charge in [-0.25, -0.2) is 4.79 Å². The fourth-order valence-electron chi connectivity index (χ4n) is 2.38. The van der Waals surface area contributed by atoms with Gasteiger partial charge in [-0.15, -0.1) is 0 Å². The average Bonchev–Trinajstić information content (AvgIpc) is 2.64. The van der Waals surface area contributed by atoms with Crippen LogP contribution >= 0.6 is 0 Å². The van der Waals surface area contributed by atoms with E-state index in [2.05, 4.69) is 0 Å². The van der Waals surface area contributed by atoms with Crippen LogP contribution in [0.15, 0.2) is 42.5 Å². The lowest BCUT2D eigenvalue weighted by Crippen LogP contribution is -2.09. The van der Waals surface area contributed by atoms with Crippen LogP contribution < -0.4 is 5.73 Å². The lowest BCUT2D eigenvalue weighted by molar-refractivity contribution is 0.0697. The quantitative estimate of drug-likeness (QED) is 0.783. The Bertz CT molecular complexity index is 619. The van der Waals surface area contributed by atoms with E-state index < -0.39 is 5.97 Å². The predicted octanol–water partition coefficient (Wildman–Crippen LogP) is 2.41. The Balaban J connectivity index is 2.24. The summed E-state index contributed by atoms with van der Waals surface area (Å²) in [6.07, 6.45) is 0. The third-order valence-electron chi connectivity index (χ3n) is 3.22. The Morgan fingerprint density at radius 3 is 2.53 bits per heavy atom. The molecule has 0 radical (unpaired) electrons. The Morgan fingerprint density at radius 1 is 1.06 bits per heavy atom. The van der Waals surface area contributed by atoms with Gasteiger partial charge < -0.3 is 10.8 Å². The molecule has 0 bridgehead atoms. The van der Waals surface area contributed by atoms with Crippen molar-refractivity contribution in [2.75, 3.05) is 0 Å². The van der Waals surface area contributed by atoms with Gasteiger partial charge in [-0.1, -0.05) is 30.3 Å². The highest BCUT2D eigenvalue weighted by atomic mass is 16.4. The van der Waals surface area contributed by atoms with Crippen LogP contribution in [0, 0.1) is 0 Å². The Labute approximate surface area is 98.5 Å². The standard InChI is InChI=1S/C14H11NO2/c15-13-11-4-2-1-3-9(11)10-6-5-8(14(16)17)7-12(10)13/h1-7,13H,15H2,(H,16,17). The van der Waals surface area contributed by atoms with Crippen LogP contribution in [0.2, 0.25) is 0 Å². The van der Waals surface area contributed by atoms with E-state index in [0.29, 0.717) is 0 Å². The number of fused-ring (bicyclic) bond motifs is 3. The lowest BCUT2D eigenvalue weighted by atomic mass is 10.0. The largest absolute Gasteiger partial charge is 0.478 e. The van der Waals surface area contributed by atoms with E-state index in [9.17, 15) is 4.79 Å². The van der Waals surface area contributed by atoms with E-state index in [-0.39, 0.29) is 11.6 Å². The van der Waals surface area contributed by atoms with Crippen LogP contribution in [0.25, 0.3) is 11.1 Å². The van der Waals surface area contributed by atoms with Crippen LogP contribution in [0.1, 0.15) is 27.5 Å². The van der Waals surface area contributed by atoms with Crippen LogP contribution in [0.3, 0.4) is 0 Å². The summed E-state index contributed by atoms with van der Waals surface area (Å²) >= 11 is 0. The molecule has 3 rings (SSSR count). The molecule has 17 heavy (non-hydrogen) atoms. The summed E-state index contributed by atoms with van der Waals surface area (Å²) in [5, 5.41) is 8.98. The zero-order valence-electron chi connectivity index (χ0n) is 9.05. The maximum absolute atomic E-state index is 10.9. The van der Waals surface area contributed by atoms with Gasteiger partial charge in [0.05, 0.1) is 11.6 Å². The van der Waals surface area contributed by atoms with E-state index in [1.807, 2.05) is 30.3 Å². The van der Waals surface area contributed by atoms with Gasteiger partial charge in [0.2, 0.25) is 0 Å². The van der Waals surface area contributed by atoms with E-state index in [4.69, 9.17) is 10.8 Å². The highest BCUT2D eigenvalue weighted by molar-refractivity contribution is 5.90. The maximum Gasteiger partial charge on any atom is 0.335 e. The van der Waals surface area contributed by atoms with Gasteiger partial charge in [0, 0.05) is 0 Å². The second-order valence-corrected chi connectivity index (χ2v) is 4.17. The molecule has 0 aromatic heterocycles. The number of rotatable bonds is 1. The second kappa shape index (κ2) is 3.43. The highest BCUT2D eigenvalue weighted by Crippen LogP contribution is 2.42. The molecule has 3 nitrogen and oxygen atoms in total. The van der Waals surface area contributed by atoms with Crippen molar-refractivity contribution in [3.63, 3.8) is 0 Å². The zero-order valence-corrected chi connectivity index (χ0v) is 9.05. The van der Waals surface area contributed by atoms with Crippen molar-refractivity contribution in [2.45, 2.75) is 6.04 Å². The molecule has 0 amide bonds. The fraction of sp³-hybridized carbons (Fsp3) is 0.0714. The highest BCUT2D eigenvalue weighted by Gasteiger charge is 2.26. The van der Waals surface area contributed by atoms with Gasteiger partial charge >= 0.3 is 5.97 Å². The summed E-state index contributed by atoms with van der Waals surface area (Å²) in [6.45, 7) is 0. The van der Waals surface area contributed by atoms with Gasteiger partial charge in [0.15, 0.2) is 0 Å². The Hall–Kier alpha value is -2.13. The molecular weight excluding hydrogens is 214 g/mol. The van der Waals surface area contributed by atoms with Crippen molar-refractivity contribution in [3.05, 3.63) is 59.2 Å². The molecule has 0 saturated carbocycles. The first-order valence-electron chi connectivity index (χ1n) is 5.40. The molecule has 1 aliphatic carbocycles. The molecule has 1 unspecified atom stereocenters. The normalized spacial score (nSPS) is 16.4. The number of hydrogen-bond donors (Lipinski definition) is 2. The molecule has 0 heterocycles. The van der Waals surface area contributed by atoms with Gasteiger partial charge in [-0.2, -0.15) is 0 Å². The summed E-state index contributed by atoms with van der Waals surface area (Å²) in [6, 6.07) is 12.8. The molecule has 2 aromatic carbocycles. The SMILES string of the molecule is NC1c2ccccc2-c2ccc(C(=O)O)cc21. The number of aromatic carboxylic acids is 1. The summed E-state index contributed by atoms with van der Waals surface area (Å²) in [5.41, 5.74) is 10.5. The molecule has 0 spiro atoms. The van der Waals surface area contributed by atoms with Crippen LogP contribution in [0.4, 0.5) is 0 Å². The number of nitrogens with two attached hydrogens (primary N) is 1. The van der Waals surface area contributed by atoms with Gasteiger partial charge in [-0.3, -0.25) is 0 Å². The summed E-state index contributed by atoms with van der Waals surface area (Å²) in [4.78, 5) is 10.9. The predicted molar refractivity (Wildman–Crippen MR) is 64.9 cm³/mol. The topological polar surface area (TPSA) is 63.3 Å². The minimum absolute atomic E-state index is 0.222.